The average Bonchev–Trinajstić information content (AvgIpc) is 2.83. The molecule has 0 aliphatic heterocycles. The Bertz CT molecular complexity index is 522. The molecule has 19 heavy (non-hydrogen) atoms. The topological polar surface area (TPSA) is 29.9 Å². The van der Waals surface area contributed by atoms with Gasteiger partial charge in [0.25, 0.3) is 0 Å². The molecule has 1 N–H and O–H groups in total. The molecule has 0 saturated carbocycles. The van der Waals surface area contributed by atoms with Crippen molar-refractivity contribution in [1.29, 1.82) is 0 Å². The van der Waals surface area contributed by atoms with E-state index in [4.69, 9.17) is 0 Å². The fraction of sp³-hybridized carbons (Fsp3) is 0.400. The molecule has 1 aromatic heterocycles. The summed E-state index contributed by atoms with van der Waals surface area (Å²) in [4.78, 5) is 0. The van der Waals surface area contributed by atoms with Crippen LogP contribution in [0.1, 0.15) is 30.5 Å². The van der Waals surface area contributed by atoms with Gasteiger partial charge in [-0.2, -0.15) is 5.10 Å². The highest BCUT2D eigenvalue weighted by atomic mass is 19.1. The Morgan fingerprint density at radius 3 is 2.79 bits per heavy atom. The van der Waals surface area contributed by atoms with Gasteiger partial charge in [-0.25, -0.2) is 4.39 Å². The van der Waals surface area contributed by atoms with Crippen LogP contribution in [-0.4, -0.2) is 16.3 Å². The lowest BCUT2D eigenvalue weighted by atomic mass is 10.0. The minimum absolute atomic E-state index is 0.102. The minimum atomic E-state index is -0.144. The number of rotatable bonds is 6. The highest BCUT2D eigenvalue weighted by Gasteiger charge is 2.15. The van der Waals surface area contributed by atoms with Crippen LogP contribution in [0.3, 0.4) is 0 Å². The van der Waals surface area contributed by atoms with Crippen LogP contribution in [0.25, 0.3) is 0 Å². The van der Waals surface area contributed by atoms with Crippen LogP contribution in [0.5, 0.6) is 0 Å². The largest absolute Gasteiger partial charge is 0.310 e. The van der Waals surface area contributed by atoms with Crippen LogP contribution < -0.4 is 5.32 Å². The molecule has 0 spiro atoms. The van der Waals surface area contributed by atoms with Crippen LogP contribution in [0.2, 0.25) is 0 Å². The molecule has 0 aliphatic carbocycles. The molecule has 1 heterocycles. The summed E-state index contributed by atoms with van der Waals surface area (Å²) < 4.78 is 15.5. The van der Waals surface area contributed by atoms with Gasteiger partial charge in [-0.15, -0.1) is 0 Å². The Hall–Kier alpha value is -1.68. The van der Waals surface area contributed by atoms with E-state index in [1.54, 1.807) is 10.7 Å². The molecule has 0 bridgehead atoms. The first kappa shape index (κ1) is 13.7. The lowest BCUT2D eigenvalue weighted by Gasteiger charge is -2.17. The van der Waals surface area contributed by atoms with Crippen LogP contribution in [0.4, 0.5) is 4.39 Å². The predicted octanol–water partition coefficient (Wildman–Crippen LogP) is 2.84. The second-order valence-corrected chi connectivity index (χ2v) is 4.75. The summed E-state index contributed by atoms with van der Waals surface area (Å²) in [6.07, 6.45) is 5.51. The zero-order valence-electron chi connectivity index (χ0n) is 11.4. The van der Waals surface area contributed by atoms with Gasteiger partial charge in [0.1, 0.15) is 5.82 Å². The maximum atomic E-state index is 13.7. The van der Waals surface area contributed by atoms with Gasteiger partial charge in [-0.1, -0.05) is 25.1 Å². The number of nitrogens with one attached hydrogen (secondary N) is 1. The van der Waals surface area contributed by atoms with E-state index in [1.807, 2.05) is 31.6 Å². The molecular formula is C15H20FN3. The van der Waals surface area contributed by atoms with Crippen LogP contribution in [-0.2, 0) is 13.5 Å². The lowest BCUT2D eigenvalue weighted by Crippen LogP contribution is -2.24. The van der Waals surface area contributed by atoms with E-state index < -0.39 is 0 Å². The predicted molar refractivity (Wildman–Crippen MR) is 74.3 cm³/mol. The van der Waals surface area contributed by atoms with E-state index in [2.05, 4.69) is 17.3 Å². The van der Waals surface area contributed by atoms with Gasteiger partial charge in [0, 0.05) is 24.8 Å². The van der Waals surface area contributed by atoms with Gasteiger partial charge in [0.15, 0.2) is 0 Å². The van der Waals surface area contributed by atoms with E-state index in [1.165, 1.54) is 6.07 Å². The third kappa shape index (κ3) is 3.64. The molecule has 1 aromatic carbocycles. The summed E-state index contributed by atoms with van der Waals surface area (Å²) in [5, 5.41) is 7.65. The van der Waals surface area contributed by atoms with Crippen molar-refractivity contribution in [1.82, 2.24) is 15.1 Å². The molecule has 0 amide bonds. The van der Waals surface area contributed by atoms with Crippen molar-refractivity contribution in [2.45, 2.75) is 25.8 Å². The Morgan fingerprint density at radius 2 is 2.16 bits per heavy atom. The molecule has 3 nitrogen and oxygen atoms in total. The minimum Gasteiger partial charge on any atom is -0.310 e. The van der Waals surface area contributed by atoms with Crippen LogP contribution in [0.15, 0.2) is 36.7 Å². The molecule has 2 aromatic rings. The van der Waals surface area contributed by atoms with Crippen molar-refractivity contribution < 1.29 is 4.39 Å². The molecule has 0 fully saturated rings. The number of halogens is 1. The third-order valence-corrected chi connectivity index (χ3v) is 3.15. The van der Waals surface area contributed by atoms with Gasteiger partial charge >= 0.3 is 0 Å². The zero-order chi connectivity index (χ0) is 13.7. The lowest BCUT2D eigenvalue weighted by molar-refractivity contribution is 0.512. The van der Waals surface area contributed by atoms with Gasteiger partial charge in [0.05, 0.1) is 6.20 Å². The Kier molecular flexibility index (Phi) is 4.68. The quantitative estimate of drug-likeness (QED) is 0.866. The standard InChI is InChI=1S/C15H20FN3/c1-3-8-17-15(13-10-18-19(2)11-13)9-12-6-4-5-7-14(12)16/h4-7,10-11,15,17H,3,8-9H2,1-2H3. The molecule has 102 valence electrons. The van der Waals surface area contributed by atoms with Crippen molar-refractivity contribution in [3.63, 3.8) is 0 Å². The highest BCUT2D eigenvalue weighted by Crippen LogP contribution is 2.19. The summed E-state index contributed by atoms with van der Waals surface area (Å²) >= 11 is 0. The third-order valence-electron chi connectivity index (χ3n) is 3.15. The normalized spacial score (nSPS) is 12.6. The number of aryl methyl sites for hydroxylation is 1. The molecule has 1 atom stereocenters. The summed E-state index contributed by atoms with van der Waals surface area (Å²) in [6.45, 7) is 3.03. The fourth-order valence-corrected chi connectivity index (χ4v) is 2.13. The van der Waals surface area contributed by atoms with E-state index in [0.29, 0.717) is 6.42 Å². The van der Waals surface area contributed by atoms with Gasteiger partial charge in [-0.05, 0) is 31.0 Å². The molecule has 0 radical (unpaired) electrons. The molecule has 2 rings (SSSR count). The zero-order valence-corrected chi connectivity index (χ0v) is 11.4. The number of hydrogen-bond donors (Lipinski definition) is 1. The Balaban J connectivity index is 2.16. The maximum Gasteiger partial charge on any atom is 0.126 e. The number of nitrogens with zero attached hydrogens (tertiary/aromatic N) is 2. The smallest absolute Gasteiger partial charge is 0.126 e. The molecule has 1 unspecified atom stereocenters. The second-order valence-electron chi connectivity index (χ2n) is 4.75. The van der Waals surface area contributed by atoms with Gasteiger partial charge in [0.2, 0.25) is 0 Å². The maximum absolute atomic E-state index is 13.7. The van der Waals surface area contributed by atoms with E-state index >= 15 is 0 Å². The second kappa shape index (κ2) is 6.48. The van der Waals surface area contributed by atoms with Crippen molar-refractivity contribution in [3.8, 4) is 0 Å². The van der Waals surface area contributed by atoms with Crippen molar-refractivity contribution in [3.05, 3.63) is 53.6 Å². The summed E-state index contributed by atoms with van der Waals surface area (Å²) in [6, 6.07) is 7.04. The molecule has 0 saturated heterocycles. The molecular weight excluding hydrogens is 241 g/mol. The van der Waals surface area contributed by atoms with Gasteiger partial charge in [-0.3, -0.25) is 4.68 Å². The van der Waals surface area contributed by atoms with Crippen LogP contribution >= 0.6 is 0 Å². The van der Waals surface area contributed by atoms with E-state index in [0.717, 1.165) is 24.1 Å². The van der Waals surface area contributed by atoms with Crippen molar-refractivity contribution in [2.75, 3.05) is 6.54 Å². The first-order valence-electron chi connectivity index (χ1n) is 6.66. The first-order valence-corrected chi connectivity index (χ1v) is 6.66. The Labute approximate surface area is 113 Å². The first-order chi connectivity index (χ1) is 9.20. The van der Waals surface area contributed by atoms with E-state index in [9.17, 15) is 4.39 Å². The summed E-state index contributed by atoms with van der Waals surface area (Å²) in [5.74, 6) is -0.144. The van der Waals surface area contributed by atoms with Crippen LogP contribution in [0, 0.1) is 5.82 Å². The Morgan fingerprint density at radius 1 is 1.37 bits per heavy atom. The fourth-order valence-electron chi connectivity index (χ4n) is 2.13. The number of aromatic nitrogens is 2. The van der Waals surface area contributed by atoms with E-state index in [-0.39, 0.29) is 11.9 Å². The monoisotopic (exact) mass is 261 g/mol. The van der Waals surface area contributed by atoms with Crippen molar-refractivity contribution in [2.24, 2.45) is 7.05 Å². The summed E-state index contributed by atoms with van der Waals surface area (Å²) in [5.41, 5.74) is 1.83. The molecule has 0 aliphatic rings. The average molecular weight is 261 g/mol. The molecule has 4 heteroatoms. The van der Waals surface area contributed by atoms with Gasteiger partial charge < -0.3 is 5.32 Å². The summed E-state index contributed by atoms with van der Waals surface area (Å²) in [7, 11) is 1.89. The van der Waals surface area contributed by atoms with Crippen molar-refractivity contribution >= 4 is 0 Å². The highest BCUT2D eigenvalue weighted by molar-refractivity contribution is 5.22. The number of hydrogen-bond acceptors (Lipinski definition) is 2. The SMILES string of the molecule is CCCNC(Cc1ccccc1F)c1cnn(C)c1. The number of benzene rings is 1.